The number of benzene rings is 1. The smallest absolute Gasteiger partial charge is 0.256 e. The van der Waals surface area contributed by atoms with Gasteiger partial charge in [0.15, 0.2) is 6.10 Å². The molecule has 0 radical (unpaired) electrons. The van der Waals surface area contributed by atoms with Crippen molar-refractivity contribution in [2.45, 2.75) is 13.0 Å². The molecule has 0 spiro atoms. The lowest BCUT2D eigenvalue weighted by Gasteiger charge is -2.21. The van der Waals surface area contributed by atoms with Gasteiger partial charge in [-0.3, -0.25) is 4.79 Å². The van der Waals surface area contributed by atoms with Crippen molar-refractivity contribution < 1.29 is 9.53 Å². The van der Waals surface area contributed by atoms with Crippen LogP contribution in [0.25, 0.3) is 11.0 Å². The molecule has 0 aliphatic heterocycles. The number of fused-ring (bicyclic) bond motifs is 1. The number of carbonyl (C=O) groups is 1. The van der Waals surface area contributed by atoms with Crippen molar-refractivity contribution in [1.29, 1.82) is 0 Å². The molecule has 2 rings (SSSR count). The van der Waals surface area contributed by atoms with Crippen LogP contribution in [0.15, 0.2) is 18.2 Å². The molecular weight excluding hydrogens is 244 g/mol. The summed E-state index contributed by atoms with van der Waals surface area (Å²) in [6.45, 7) is 2.57. The number of hydrogen-bond acceptors (Lipinski definition) is 4. The van der Waals surface area contributed by atoms with Crippen LogP contribution in [0, 0.1) is 0 Å². The summed E-state index contributed by atoms with van der Waals surface area (Å²) in [5, 5.41) is 8.00. The average molecular weight is 262 g/mol. The number of carbonyl (C=O) groups excluding carboxylic acids is 1. The van der Waals surface area contributed by atoms with Gasteiger partial charge in [0.05, 0.1) is 5.52 Å². The van der Waals surface area contributed by atoms with Gasteiger partial charge in [0.25, 0.3) is 5.91 Å². The second-order valence-electron chi connectivity index (χ2n) is 4.43. The Morgan fingerprint density at radius 1 is 1.53 bits per heavy atom. The van der Waals surface area contributed by atoms with Crippen LogP contribution in [-0.2, 0) is 16.6 Å². The number of ether oxygens (including phenoxy) is 1. The summed E-state index contributed by atoms with van der Waals surface area (Å²) in [5.74, 6) is -0.0618. The zero-order chi connectivity index (χ0) is 14.0. The van der Waals surface area contributed by atoms with Crippen LogP contribution in [0.4, 0.5) is 0 Å². The number of hydrogen-bond donors (Lipinski definition) is 0. The second-order valence-corrected chi connectivity index (χ2v) is 4.43. The fourth-order valence-electron chi connectivity index (χ4n) is 1.96. The number of likely N-dealkylation sites (N-methyl/N-ethyl adjacent to an activating group) is 1. The largest absolute Gasteiger partial charge is 0.367 e. The third kappa shape index (κ3) is 2.44. The number of methoxy groups -OCH3 is 1. The first-order valence-electron chi connectivity index (χ1n) is 6.15. The van der Waals surface area contributed by atoms with E-state index >= 15 is 0 Å². The van der Waals surface area contributed by atoms with Crippen LogP contribution in [0.1, 0.15) is 18.6 Å². The number of nitrogens with zero attached hydrogens (tertiary/aromatic N) is 4. The second kappa shape index (κ2) is 5.36. The lowest BCUT2D eigenvalue weighted by atomic mass is 10.1. The fraction of sp³-hybridized carbons (Fsp3) is 0.462. The van der Waals surface area contributed by atoms with Gasteiger partial charge in [-0.25, -0.2) is 4.68 Å². The zero-order valence-electron chi connectivity index (χ0n) is 11.6. The lowest BCUT2D eigenvalue weighted by molar-refractivity contribution is -0.140. The van der Waals surface area contributed by atoms with Crippen molar-refractivity contribution in [2.24, 2.45) is 7.05 Å². The quantitative estimate of drug-likeness (QED) is 0.829. The molecule has 1 heterocycles. The topological polar surface area (TPSA) is 60.3 Å². The van der Waals surface area contributed by atoms with E-state index < -0.39 is 6.10 Å². The maximum absolute atomic E-state index is 12.2. The van der Waals surface area contributed by atoms with Gasteiger partial charge in [-0.1, -0.05) is 11.3 Å². The molecule has 0 N–H and O–H groups in total. The van der Waals surface area contributed by atoms with E-state index in [9.17, 15) is 4.79 Å². The Morgan fingerprint density at radius 3 is 2.89 bits per heavy atom. The van der Waals surface area contributed by atoms with Gasteiger partial charge in [0, 0.05) is 27.7 Å². The maximum Gasteiger partial charge on any atom is 0.256 e. The third-order valence-electron chi connectivity index (χ3n) is 3.25. The highest BCUT2D eigenvalue weighted by Gasteiger charge is 2.23. The molecule has 6 nitrogen and oxygen atoms in total. The summed E-state index contributed by atoms with van der Waals surface area (Å²) < 4.78 is 7.03. The van der Waals surface area contributed by atoms with Gasteiger partial charge in [-0.2, -0.15) is 0 Å². The average Bonchev–Trinajstić information content (AvgIpc) is 2.80. The predicted molar refractivity (Wildman–Crippen MR) is 71.6 cm³/mol. The summed E-state index contributed by atoms with van der Waals surface area (Å²) in [6, 6.07) is 5.62. The van der Waals surface area contributed by atoms with Crippen molar-refractivity contribution in [3.8, 4) is 0 Å². The molecule has 1 atom stereocenters. The van der Waals surface area contributed by atoms with E-state index in [-0.39, 0.29) is 5.91 Å². The molecule has 0 bridgehead atoms. The molecular formula is C13H18N4O2. The number of amides is 1. The normalized spacial score (nSPS) is 12.6. The summed E-state index contributed by atoms with van der Waals surface area (Å²) >= 11 is 0. The van der Waals surface area contributed by atoms with Crippen molar-refractivity contribution in [3.63, 3.8) is 0 Å². The molecule has 0 saturated carbocycles. The molecule has 0 saturated heterocycles. The van der Waals surface area contributed by atoms with Gasteiger partial charge in [-0.15, -0.1) is 5.10 Å². The number of rotatable bonds is 4. The predicted octanol–water partition coefficient (Wildman–Crippen LogP) is 1.13. The molecule has 0 aliphatic rings. The first-order valence-corrected chi connectivity index (χ1v) is 6.15. The minimum absolute atomic E-state index is 0.0618. The highest BCUT2D eigenvalue weighted by Crippen LogP contribution is 2.22. The molecule has 1 aromatic heterocycles. The molecule has 0 aliphatic carbocycles. The van der Waals surface area contributed by atoms with Crippen molar-refractivity contribution >= 4 is 16.9 Å². The lowest BCUT2D eigenvalue weighted by Crippen LogP contribution is -2.32. The van der Waals surface area contributed by atoms with Gasteiger partial charge < -0.3 is 9.64 Å². The Balaban J connectivity index is 2.38. The number of aryl methyl sites for hydroxylation is 1. The molecule has 0 fully saturated rings. The SMILES string of the molecule is CCN(C)C(=O)C(OC)c1ccc2c(c1)nnn2C. The first kappa shape index (κ1) is 13.5. The summed E-state index contributed by atoms with van der Waals surface area (Å²) in [5.41, 5.74) is 2.48. The van der Waals surface area contributed by atoms with Crippen LogP contribution in [-0.4, -0.2) is 46.5 Å². The molecule has 102 valence electrons. The summed E-state index contributed by atoms with van der Waals surface area (Å²) in [7, 11) is 5.13. The van der Waals surface area contributed by atoms with E-state index in [1.807, 2.05) is 32.2 Å². The Hall–Kier alpha value is -1.95. The van der Waals surface area contributed by atoms with E-state index in [4.69, 9.17) is 4.74 Å². The van der Waals surface area contributed by atoms with E-state index in [0.29, 0.717) is 6.54 Å². The number of aromatic nitrogens is 3. The molecule has 6 heteroatoms. The van der Waals surface area contributed by atoms with Crippen LogP contribution >= 0.6 is 0 Å². The van der Waals surface area contributed by atoms with Gasteiger partial charge in [0.1, 0.15) is 5.52 Å². The van der Waals surface area contributed by atoms with E-state index in [1.54, 1.807) is 16.6 Å². The summed E-state index contributed by atoms with van der Waals surface area (Å²) in [6.07, 6.45) is -0.601. The maximum atomic E-state index is 12.2. The fourth-order valence-corrected chi connectivity index (χ4v) is 1.96. The van der Waals surface area contributed by atoms with Crippen LogP contribution in [0.3, 0.4) is 0 Å². The molecule has 1 aromatic carbocycles. The van der Waals surface area contributed by atoms with Crippen LogP contribution < -0.4 is 0 Å². The Kier molecular flexibility index (Phi) is 3.80. The standard InChI is InChI=1S/C13H18N4O2/c1-5-16(2)13(18)12(19-4)9-6-7-11-10(8-9)14-15-17(11)3/h6-8,12H,5H2,1-4H3. The molecule has 19 heavy (non-hydrogen) atoms. The van der Waals surface area contributed by atoms with Gasteiger partial charge in [-0.05, 0) is 24.6 Å². The van der Waals surface area contributed by atoms with E-state index in [1.165, 1.54) is 7.11 Å². The Labute approximate surface area is 111 Å². The molecule has 1 amide bonds. The highest BCUT2D eigenvalue weighted by molar-refractivity contribution is 5.84. The molecule has 2 aromatic rings. The third-order valence-corrected chi connectivity index (χ3v) is 3.25. The van der Waals surface area contributed by atoms with Crippen molar-refractivity contribution in [3.05, 3.63) is 23.8 Å². The summed E-state index contributed by atoms with van der Waals surface area (Å²) in [4.78, 5) is 13.8. The minimum atomic E-state index is -0.601. The minimum Gasteiger partial charge on any atom is -0.367 e. The molecule has 1 unspecified atom stereocenters. The van der Waals surface area contributed by atoms with E-state index in [2.05, 4.69) is 10.3 Å². The van der Waals surface area contributed by atoms with Crippen molar-refractivity contribution in [1.82, 2.24) is 19.9 Å². The Bertz CT molecular complexity index is 593. The van der Waals surface area contributed by atoms with Gasteiger partial charge >= 0.3 is 0 Å². The van der Waals surface area contributed by atoms with Gasteiger partial charge in [0.2, 0.25) is 0 Å². The van der Waals surface area contributed by atoms with Crippen LogP contribution in [0.2, 0.25) is 0 Å². The van der Waals surface area contributed by atoms with E-state index in [0.717, 1.165) is 16.6 Å². The van der Waals surface area contributed by atoms with Crippen molar-refractivity contribution in [2.75, 3.05) is 20.7 Å². The van der Waals surface area contributed by atoms with Crippen LogP contribution in [0.5, 0.6) is 0 Å². The Morgan fingerprint density at radius 2 is 2.26 bits per heavy atom. The zero-order valence-corrected chi connectivity index (χ0v) is 11.6. The highest BCUT2D eigenvalue weighted by atomic mass is 16.5. The first-order chi connectivity index (χ1) is 9.08. The monoisotopic (exact) mass is 262 g/mol.